The summed E-state index contributed by atoms with van der Waals surface area (Å²) < 4.78 is 16.4. The number of rotatable bonds is 17. The third kappa shape index (κ3) is 11.6. The Hall–Kier alpha value is -1.11. The Morgan fingerprint density at radius 3 is 2.66 bits per heavy atom. The second-order valence-corrected chi connectivity index (χ2v) is 7.72. The molecular weight excluding hydrogens is 372 g/mol. The van der Waals surface area contributed by atoms with E-state index in [1.165, 1.54) is 0 Å². The molecular formula is C23H42O6. The maximum absolute atomic E-state index is 11.5. The highest BCUT2D eigenvalue weighted by Crippen LogP contribution is 2.38. The van der Waals surface area contributed by atoms with E-state index in [1.54, 1.807) is 0 Å². The van der Waals surface area contributed by atoms with Crippen molar-refractivity contribution in [2.45, 2.75) is 90.8 Å². The summed E-state index contributed by atoms with van der Waals surface area (Å²) in [5.74, 6) is 1.68. The quantitative estimate of drug-likeness (QED) is 0.209. The molecule has 29 heavy (non-hydrogen) atoms. The molecule has 3 unspecified atom stereocenters. The van der Waals surface area contributed by atoms with Gasteiger partial charge in [-0.05, 0) is 70.8 Å². The molecule has 1 aliphatic rings. The van der Waals surface area contributed by atoms with Gasteiger partial charge in [-0.25, -0.2) is 0 Å². The van der Waals surface area contributed by atoms with Crippen LogP contribution in [0.4, 0.5) is 0 Å². The highest BCUT2D eigenvalue weighted by Gasteiger charge is 2.29. The second kappa shape index (κ2) is 16.7. The molecule has 0 aromatic carbocycles. The highest BCUT2D eigenvalue weighted by atomic mass is 16.6. The van der Waals surface area contributed by atoms with Crippen LogP contribution in [0.1, 0.15) is 84.5 Å². The maximum Gasteiger partial charge on any atom is 0.305 e. The fourth-order valence-electron chi connectivity index (χ4n) is 4.02. The lowest BCUT2D eigenvalue weighted by molar-refractivity contribution is -0.143. The molecule has 0 radical (unpaired) electrons. The average Bonchev–Trinajstić information content (AvgIpc) is 2.70. The van der Waals surface area contributed by atoms with Gasteiger partial charge in [0.25, 0.3) is 0 Å². The molecule has 1 aliphatic carbocycles. The fraction of sp³-hybridized carbons (Fsp3) is 0.870. The Balaban J connectivity index is 2.54. The van der Waals surface area contributed by atoms with Crippen LogP contribution in [0.15, 0.2) is 11.8 Å². The number of unbranched alkanes of at least 4 members (excludes halogenated alkanes) is 3. The molecule has 170 valence electrons. The molecule has 0 heterocycles. The summed E-state index contributed by atoms with van der Waals surface area (Å²) in [4.78, 5) is 11.5. The van der Waals surface area contributed by atoms with E-state index in [4.69, 9.17) is 19.3 Å². The van der Waals surface area contributed by atoms with Gasteiger partial charge in [0.05, 0.1) is 19.0 Å². The summed E-state index contributed by atoms with van der Waals surface area (Å²) >= 11 is 0. The SMILES string of the molecule is CCOC(=O)CCCOC1=CCCC(CCCCCCO)C1CCC(O)OCC. The highest BCUT2D eigenvalue weighted by molar-refractivity contribution is 5.69. The van der Waals surface area contributed by atoms with E-state index < -0.39 is 6.29 Å². The third-order valence-corrected chi connectivity index (χ3v) is 5.48. The van der Waals surface area contributed by atoms with Crippen LogP contribution in [0.3, 0.4) is 0 Å². The summed E-state index contributed by atoms with van der Waals surface area (Å²) in [6.45, 7) is 5.40. The number of hydrogen-bond acceptors (Lipinski definition) is 6. The van der Waals surface area contributed by atoms with Gasteiger partial charge in [0.2, 0.25) is 0 Å². The monoisotopic (exact) mass is 414 g/mol. The summed E-state index contributed by atoms with van der Waals surface area (Å²) in [6, 6.07) is 0. The van der Waals surface area contributed by atoms with Crippen LogP contribution in [-0.2, 0) is 19.0 Å². The van der Waals surface area contributed by atoms with E-state index in [9.17, 15) is 9.90 Å². The van der Waals surface area contributed by atoms with E-state index in [2.05, 4.69) is 6.08 Å². The number of aliphatic hydroxyl groups is 2. The topological polar surface area (TPSA) is 85.2 Å². The summed E-state index contributed by atoms with van der Waals surface area (Å²) in [5, 5.41) is 18.9. The van der Waals surface area contributed by atoms with Crippen LogP contribution in [0, 0.1) is 11.8 Å². The first kappa shape index (κ1) is 25.9. The Bertz CT molecular complexity index is 451. The lowest BCUT2D eigenvalue weighted by Crippen LogP contribution is -2.25. The first-order valence-electron chi connectivity index (χ1n) is 11.5. The number of ether oxygens (including phenoxy) is 3. The smallest absolute Gasteiger partial charge is 0.305 e. The minimum atomic E-state index is -0.725. The van der Waals surface area contributed by atoms with Gasteiger partial charge in [0.1, 0.15) is 0 Å². The Kier molecular flexibility index (Phi) is 14.9. The van der Waals surface area contributed by atoms with Crippen molar-refractivity contribution >= 4 is 5.97 Å². The van der Waals surface area contributed by atoms with Gasteiger partial charge in [-0.1, -0.05) is 19.3 Å². The van der Waals surface area contributed by atoms with Gasteiger partial charge in [0.15, 0.2) is 6.29 Å². The van der Waals surface area contributed by atoms with Crippen molar-refractivity contribution < 1.29 is 29.2 Å². The predicted molar refractivity (Wildman–Crippen MR) is 113 cm³/mol. The molecule has 0 aliphatic heterocycles. The lowest BCUT2D eigenvalue weighted by atomic mass is 9.77. The van der Waals surface area contributed by atoms with E-state index in [1.807, 2.05) is 13.8 Å². The van der Waals surface area contributed by atoms with Crippen LogP contribution < -0.4 is 0 Å². The van der Waals surface area contributed by atoms with Gasteiger partial charge in [-0.3, -0.25) is 4.79 Å². The molecule has 0 saturated heterocycles. The van der Waals surface area contributed by atoms with Gasteiger partial charge in [-0.2, -0.15) is 0 Å². The molecule has 0 fully saturated rings. The van der Waals surface area contributed by atoms with Crippen molar-refractivity contribution in [1.29, 1.82) is 0 Å². The van der Waals surface area contributed by atoms with Gasteiger partial charge in [0, 0.05) is 25.6 Å². The van der Waals surface area contributed by atoms with Gasteiger partial charge in [-0.15, -0.1) is 0 Å². The van der Waals surface area contributed by atoms with E-state index in [-0.39, 0.29) is 12.6 Å². The summed E-state index contributed by atoms with van der Waals surface area (Å²) in [7, 11) is 0. The zero-order chi connectivity index (χ0) is 21.3. The summed E-state index contributed by atoms with van der Waals surface area (Å²) in [6.07, 6.45) is 11.5. The van der Waals surface area contributed by atoms with Gasteiger partial charge >= 0.3 is 5.97 Å². The number of hydrogen-bond donors (Lipinski definition) is 2. The molecule has 0 aromatic rings. The Morgan fingerprint density at radius 1 is 1.14 bits per heavy atom. The van der Waals surface area contributed by atoms with Gasteiger partial charge < -0.3 is 24.4 Å². The largest absolute Gasteiger partial charge is 0.498 e. The standard InChI is InChI=1S/C23H42O6/c1-3-27-22(25)14-10-18-29-21-13-9-12-19(11-7-5-6-8-17-24)20(21)15-16-23(26)28-4-2/h13,19-20,23-24,26H,3-12,14-18H2,1-2H3. The van der Waals surface area contributed by atoms with Crippen molar-refractivity contribution in [3.8, 4) is 0 Å². The van der Waals surface area contributed by atoms with Crippen molar-refractivity contribution in [2.24, 2.45) is 11.8 Å². The molecule has 6 nitrogen and oxygen atoms in total. The Morgan fingerprint density at radius 2 is 1.93 bits per heavy atom. The second-order valence-electron chi connectivity index (χ2n) is 7.72. The van der Waals surface area contributed by atoms with Crippen LogP contribution >= 0.6 is 0 Å². The van der Waals surface area contributed by atoms with Crippen LogP contribution in [0.25, 0.3) is 0 Å². The minimum absolute atomic E-state index is 0.175. The number of carbonyl (C=O) groups is 1. The van der Waals surface area contributed by atoms with Crippen molar-refractivity contribution in [3.05, 3.63) is 11.8 Å². The number of allylic oxidation sites excluding steroid dienone is 2. The number of carbonyl (C=O) groups excluding carboxylic acids is 1. The van der Waals surface area contributed by atoms with Crippen LogP contribution in [0.2, 0.25) is 0 Å². The average molecular weight is 415 g/mol. The third-order valence-electron chi connectivity index (χ3n) is 5.48. The van der Waals surface area contributed by atoms with Crippen LogP contribution in [0.5, 0.6) is 0 Å². The predicted octanol–water partition coefficient (Wildman–Crippen LogP) is 4.33. The summed E-state index contributed by atoms with van der Waals surface area (Å²) in [5.41, 5.74) is 0. The molecule has 0 saturated carbocycles. The molecule has 1 rings (SSSR count). The zero-order valence-electron chi connectivity index (χ0n) is 18.4. The molecule has 2 N–H and O–H groups in total. The lowest BCUT2D eigenvalue weighted by Gasteiger charge is -2.33. The van der Waals surface area contributed by atoms with E-state index >= 15 is 0 Å². The zero-order valence-corrected chi connectivity index (χ0v) is 18.4. The maximum atomic E-state index is 11.5. The molecule has 0 bridgehead atoms. The normalized spacial score (nSPS) is 20.2. The van der Waals surface area contributed by atoms with E-state index in [0.717, 1.165) is 57.1 Å². The van der Waals surface area contributed by atoms with Crippen molar-refractivity contribution in [2.75, 3.05) is 26.4 Å². The van der Waals surface area contributed by atoms with Crippen molar-refractivity contribution in [3.63, 3.8) is 0 Å². The molecule has 0 amide bonds. The van der Waals surface area contributed by atoms with Crippen molar-refractivity contribution in [1.82, 2.24) is 0 Å². The first-order valence-corrected chi connectivity index (χ1v) is 11.5. The number of aliphatic hydroxyl groups excluding tert-OH is 2. The molecule has 6 heteroatoms. The molecule has 0 spiro atoms. The molecule has 0 aromatic heterocycles. The van der Waals surface area contributed by atoms with Crippen LogP contribution in [-0.4, -0.2) is 48.9 Å². The Labute approximate surface area is 176 Å². The first-order chi connectivity index (χ1) is 14.1. The molecule has 3 atom stereocenters. The van der Waals surface area contributed by atoms with E-state index in [0.29, 0.717) is 50.9 Å². The number of esters is 1. The minimum Gasteiger partial charge on any atom is -0.498 e. The fourth-order valence-corrected chi connectivity index (χ4v) is 4.02.